The number of hydrogen-bond donors (Lipinski definition) is 0. The van der Waals surface area contributed by atoms with Crippen molar-refractivity contribution < 1.29 is 13.2 Å². The van der Waals surface area contributed by atoms with E-state index in [0.29, 0.717) is 6.54 Å². The molecule has 0 spiro atoms. The first-order valence-electron chi connectivity index (χ1n) is 5.72. The largest absolute Gasteiger partial charge is 0.490 e. The van der Waals surface area contributed by atoms with Crippen LogP contribution in [0, 0.1) is 6.92 Å². The Labute approximate surface area is 126 Å². The first-order valence-corrected chi connectivity index (χ1v) is 8.41. The van der Waals surface area contributed by atoms with Crippen LogP contribution in [0.2, 0.25) is 5.02 Å². The van der Waals surface area contributed by atoms with Crippen LogP contribution in [0.15, 0.2) is 35.5 Å². The van der Waals surface area contributed by atoms with Gasteiger partial charge in [0, 0.05) is 28.1 Å². The van der Waals surface area contributed by atoms with E-state index >= 15 is 0 Å². The minimum atomic E-state index is -3.90. The molecule has 0 saturated heterocycles. The fourth-order valence-corrected chi connectivity index (χ4v) is 2.92. The van der Waals surface area contributed by atoms with E-state index in [4.69, 9.17) is 27.0 Å². The summed E-state index contributed by atoms with van der Waals surface area (Å²) in [6.07, 6.45) is 3.51. The van der Waals surface area contributed by atoms with Gasteiger partial charge in [-0.05, 0) is 25.1 Å². The van der Waals surface area contributed by atoms with Gasteiger partial charge in [0.2, 0.25) is 0 Å². The van der Waals surface area contributed by atoms with Crippen LogP contribution >= 0.6 is 22.3 Å². The molecule has 0 atom stereocenters. The number of nitrogens with zero attached hydrogens (tertiary/aromatic N) is 2. The molecule has 108 valence electrons. The molecule has 8 heteroatoms. The topological polar surface area (TPSA) is 61.2 Å². The highest BCUT2D eigenvalue weighted by Crippen LogP contribution is 2.29. The second kappa shape index (κ2) is 6.03. The molecule has 0 radical (unpaired) electrons. The highest BCUT2D eigenvalue weighted by molar-refractivity contribution is 8.13. The fourth-order valence-electron chi connectivity index (χ4n) is 1.69. The summed E-state index contributed by atoms with van der Waals surface area (Å²) in [7, 11) is 1.45. The number of halogens is 2. The van der Waals surface area contributed by atoms with Crippen LogP contribution in [0.4, 0.5) is 0 Å². The number of aromatic nitrogens is 2. The van der Waals surface area contributed by atoms with Gasteiger partial charge in [0.15, 0.2) is 0 Å². The van der Waals surface area contributed by atoms with E-state index in [1.165, 1.54) is 12.1 Å². The summed E-state index contributed by atoms with van der Waals surface area (Å²) in [6.45, 7) is 2.71. The number of aryl methyl sites for hydroxylation is 1. The summed E-state index contributed by atoms with van der Waals surface area (Å²) in [6, 6.07) is 4.30. The quantitative estimate of drug-likeness (QED) is 0.789. The molecule has 0 amide bonds. The predicted molar refractivity (Wildman–Crippen MR) is 76.9 cm³/mol. The first-order chi connectivity index (χ1) is 9.38. The fraction of sp³-hybridized carbons (Fsp3) is 0.250. The lowest BCUT2D eigenvalue weighted by Crippen LogP contribution is -2.10. The minimum Gasteiger partial charge on any atom is -0.490 e. The average Bonchev–Trinajstić information content (AvgIpc) is 2.76. The molecule has 0 aliphatic rings. The molecule has 5 nitrogen and oxygen atoms in total. The Morgan fingerprint density at radius 2 is 2.15 bits per heavy atom. The molecule has 2 aromatic rings. The molecular formula is C12H12Cl2N2O3S. The number of rotatable bonds is 5. The van der Waals surface area contributed by atoms with Gasteiger partial charge in [0.25, 0.3) is 9.05 Å². The van der Waals surface area contributed by atoms with Gasteiger partial charge in [0.1, 0.15) is 23.1 Å². The van der Waals surface area contributed by atoms with Gasteiger partial charge in [-0.2, -0.15) is 0 Å². The summed E-state index contributed by atoms with van der Waals surface area (Å²) < 4.78 is 30.3. The normalized spacial score (nSPS) is 11.6. The zero-order valence-electron chi connectivity index (χ0n) is 10.6. The molecule has 0 unspecified atom stereocenters. The highest BCUT2D eigenvalue weighted by Gasteiger charge is 2.17. The SMILES string of the molecule is Cc1nccn1CCOc1ccc(Cl)cc1S(=O)(=O)Cl. The lowest BCUT2D eigenvalue weighted by molar-refractivity contribution is 0.290. The van der Waals surface area contributed by atoms with Crippen LogP contribution in [0.25, 0.3) is 0 Å². The van der Waals surface area contributed by atoms with Crippen LogP contribution in [0.3, 0.4) is 0 Å². The van der Waals surface area contributed by atoms with Gasteiger partial charge in [0.05, 0.1) is 6.54 Å². The molecule has 20 heavy (non-hydrogen) atoms. The molecule has 1 aromatic carbocycles. The zero-order valence-corrected chi connectivity index (χ0v) is 12.9. The molecule has 1 aromatic heterocycles. The maximum atomic E-state index is 11.5. The smallest absolute Gasteiger partial charge is 0.265 e. The molecule has 0 bridgehead atoms. The number of hydrogen-bond acceptors (Lipinski definition) is 4. The third kappa shape index (κ3) is 3.65. The van der Waals surface area contributed by atoms with Gasteiger partial charge in [-0.3, -0.25) is 0 Å². The first kappa shape index (κ1) is 15.2. The van der Waals surface area contributed by atoms with E-state index in [-0.39, 0.29) is 22.3 Å². The monoisotopic (exact) mass is 334 g/mol. The van der Waals surface area contributed by atoms with Gasteiger partial charge in [-0.25, -0.2) is 13.4 Å². The summed E-state index contributed by atoms with van der Waals surface area (Å²) in [4.78, 5) is 3.95. The lowest BCUT2D eigenvalue weighted by atomic mass is 10.3. The van der Waals surface area contributed by atoms with E-state index < -0.39 is 9.05 Å². The highest BCUT2D eigenvalue weighted by atomic mass is 35.7. The van der Waals surface area contributed by atoms with E-state index in [9.17, 15) is 8.42 Å². The molecular weight excluding hydrogens is 323 g/mol. The Bertz CT molecular complexity index is 713. The second-order valence-corrected chi connectivity index (χ2v) is 7.02. The van der Waals surface area contributed by atoms with Crippen LogP contribution in [-0.2, 0) is 15.6 Å². The van der Waals surface area contributed by atoms with Crippen molar-refractivity contribution in [1.29, 1.82) is 0 Å². The zero-order chi connectivity index (χ0) is 14.8. The van der Waals surface area contributed by atoms with Crippen molar-refractivity contribution in [3.05, 3.63) is 41.4 Å². The molecule has 0 N–H and O–H groups in total. The van der Waals surface area contributed by atoms with Crippen molar-refractivity contribution in [2.75, 3.05) is 6.61 Å². The number of imidazole rings is 1. The van der Waals surface area contributed by atoms with Gasteiger partial charge in [-0.1, -0.05) is 11.6 Å². The van der Waals surface area contributed by atoms with Crippen LogP contribution in [-0.4, -0.2) is 24.6 Å². The molecule has 0 saturated carbocycles. The molecule has 1 heterocycles. The van der Waals surface area contributed by atoms with Crippen molar-refractivity contribution in [2.24, 2.45) is 0 Å². The summed E-state index contributed by atoms with van der Waals surface area (Å²) in [5, 5.41) is 0.280. The van der Waals surface area contributed by atoms with Gasteiger partial charge in [-0.15, -0.1) is 0 Å². The third-order valence-corrected chi connectivity index (χ3v) is 4.26. The Morgan fingerprint density at radius 3 is 2.75 bits per heavy atom. The number of ether oxygens (including phenoxy) is 1. The maximum absolute atomic E-state index is 11.5. The molecule has 0 aliphatic carbocycles. The summed E-state index contributed by atoms with van der Waals surface area (Å²) in [5.74, 6) is 1.04. The molecule has 0 aliphatic heterocycles. The van der Waals surface area contributed by atoms with E-state index in [1.807, 2.05) is 17.7 Å². The van der Waals surface area contributed by atoms with Gasteiger partial charge < -0.3 is 9.30 Å². The van der Waals surface area contributed by atoms with Crippen molar-refractivity contribution in [3.8, 4) is 5.75 Å². The van der Waals surface area contributed by atoms with Gasteiger partial charge >= 0.3 is 0 Å². The number of benzene rings is 1. The van der Waals surface area contributed by atoms with E-state index in [0.717, 1.165) is 5.82 Å². The second-order valence-electron chi connectivity index (χ2n) is 4.05. The minimum absolute atomic E-state index is 0.131. The Balaban J connectivity index is 2.12. The molecule has 2 rings (SSSR count). The van der Waals surface area contributed by atoms with Crippen molar-refractivity contribution in [3.63, 3.8) is 0 Å². The summed E-state index contributed by atoms with van der Waals surface area (Å²) >= 11 is 5.77. The van der Waals surface area contributed by atoms with Crippen LogP contribution < -0.4 is 4.74 Å². The Hall–Kier alpha value is -1.24. The summed E-state index contributed by atoms with van der Waals surface area (Å²) in [5.41, 5.74) is 0. The van der Waals surface area contributed by atoms with Crippen LogP contribution in [0.5, 0.6) is 5.75 Å². The maximum Gasteiger partial charge on any atom is 0.265 e. The molecule has 0 fully saturated rings. The predicted octanol–water partition coefficient (Wildman–Crippen LogP) is 2.85. The Kier molecular flexibility index (Phi) is 4.57. The van der Waals surface area contributed by atoms with Crippen molar-refractivity contribution >= 4 is 31.3 Å². The van der Waals surface area contributed by atoms with E-state index in [2.05, 4.69) is 4.98 Å². The average molecular weight is 335 g/mol. The van der Waals surface area contributed by atoms with Crippen LogP contribution in [0.1, 0.15) is 5.82 Å². The van der Waals surface area contributed by atoms with Crippen molar-refractivity contribution in [1.82, 2.24) is 9.55 Å². The van der Waals surface area contributed by atoms with Crippen molar-refractivity contribution in [2.45, 2.75) is 18.4 Å². The Morgan fingerprint density at radius 1 is 1.40 bits per heavy atom. The standard InChI is InChI=1S/C12H12Cl2N2O3S/c1-9-15-4-5-16(9)6-7-19-11-3-2-10(13)8-12(11)20(14,17)18/h2-5,8H,6-7H2,1H3. The lowest BCUT2D eigenvalue weighted by Gasteiger charge is -2.11. The van der Waals surface area contributed by atoms with E-state index in [1.54, 1.807) is 12.3 Å². The third-order valence-electron chi connectivity index (χ3n) is 2.68.